The molecule has 2 heterocycles. The van der Waals surface area contributed by atoms with E-state index in [1.807, 2.05) is 24.3 Å². The van der Waals surface area contributed by atoms with E-state index in [2.05, 4.69) is 34.5 Å². The van der Waals surface area contributed by atoms with Gasteiger partial charge in [-0.15, -0.1) is 0 Å². The predicted molar refractivity (Wildman–Crippen MR) is 112 cm³/mol. The van der Waals surface area contributed by atoms with Crippen LogP contribution < -0.4 is 10.2 Å². The van der Waals surface area contributed by atoms with E-state index >= 15 is 0 Å². The van der Waals surface area contributed by atoms with Crippen LogP contribution in [-0.2, 0) is 14.4 Å². The van der Waals surface area contributed by atoms with Crippen LogP contribution in [0.5, 0.6) is 0 Å². The molecule has 4 rings (SSSR count). The molecule has 1 N–H and O–H groups in total. The van der Waals surface area contributed by atoms with Crippen LogP contribution in [0.25, 0.3) is 0 Å². The third-order valence-corrected chi connectivity index (χ3v) is 6.26. The Bertz CT molecular complexity index is 885. The zero-order valence-corrected chi connectivity index (χ0v) is 16.9. The van der Waals surface area contributed by atoms with Crippen LogP contribution in [-0.4, -0.2) is 42.3 Å². The van der Waals surface area contributed by atoms with Crippen molar-refractivity contribution in [2.45, 2.75) is 35.5 Å². The minimum absolute atomic E-state index is 0.0303. The van der Waals surface area contributed by atoms with Gasteiger partial charge in [0.15, 0.2) is 0 Å². The van der Waals surface area contributed by atoms with Crippen molar-refractivity contribution < 1.29 is 14.4 Å². The summed E-state index contributed by atoms with van der Waals surface area (Å²) in [5.41, 5.74) is 2.24. The largest absolute Gasteiger partial charge is 0.356 e. The van der Waals surface area contributed by atoms with Crippen LogP contribution in [0.15, 0.2) is 58.3 Å². The third-order valence-electron chi connectivity index (χ3n) is 5.13. The monoisotopic (exact) mass is 409 g/mol. The van der Waals surface area contributed by atoms with E-state index < -0.39 is 0 Å². The van der Waals surface area contributed by atoms with Crippen LogP contribution >= 0.6 is 11.8 Å². The maximum absolute atomic E-state index is 12.3. The van der Waals surface area contributed by atoms with Crippen LogP contribution in [0.1, 0.15) is 25.7 Å². The van der Waals surface area contributed by atoms with Crippen LogP contribution in [0, 0.1) is 0 Å². The summed E-state index contributed by atoms with van der Waals surface area (Å²) in [5, 5.41) is 2.90. The normalized spacial score (nSPS) is 15.3. The Morgan fingerprint density at radius 1 is 0.862 bits per heavy atom. The quantitative estimate of drug-likeness (QED) is 0.561. The highest BCUT2D eigenvalue weighted by atomic mass is 32.2. The van der Waals surface area contributed by atoms with Crippen molar-refractivity contribution in [3.05, 3.63) is 48.5 Å². The minimum atomic E-state index is -0.110. The van der Waals surface area contributed by atoms with Crippen LogP contribution in [0.4, 0.5) is 11.4 Å². The first kappa shape index (κ1) is 19.5. The van der Waals surface area contributed by atoms with Gasteiger partial charge < -0.3 is 10.2 Å². The number of hydrogen-bond donors (Lipinski definition) is 1. The van der Waals surface area contributed by atoms with Gasteiger partial charge in [-0.2, -0.15) is 0 Å². The Kier molecular flexibility index (Phi) is 5.85. The molecule has 0 radical (unpaired) electrons. The van der Waals surface area contributed by atoms with Gasteiger partial charge >= 0.3 is 0 Å². The SMILES string of the molecule is O=C(CCN1c2ccccc2Sc2ccccc21)NCCCN1C(=O)CCC1=O. The van der Waals surface area contributed by atoms with Crippen molar-refractivity contribution >= 4 is 40.9 Å². The summed E-state index contributed by atoms with van der Waals surface area (Å²) in [6, 6.07) is 16.5. The zero-order chi connectivity index (χ0) is 20.2. The lowest BCUT2D eigenvalue weighted by atomic mass is 10.2. The Morgan fingerprint density at radius 3 is 2.07 bits per heavy atom. The predicted octanol–water partition coefficient (Wildman–Crippen LogP) is 3.33. The number of imide groups is 1. The summed E-state index contributed by atoms with van der Waals surface area (Å²) in [6.45, 7) is 1.42. The molecule has 2 aliphatic heterocycles. The van der Waals surface area contributed by atoms with Crippen LogP contribution in [0.3, 0.4) is 0 Å². The standard InChI is InChI=1S/C22H23N3O3S/c26-20(23-13-5-14-25-21(27)10-11-22(25)28)12-15-24-16-6-1-3-8-18(16)29-19-9-4-2-7-17(19)24/h1-4,6-9H,5,10-15H2,(H,23,26). The maximum atomic E-state index is 12.3. The smallest absolute Gasteiger partial charge is 0.229 e. The molecular formula is C22H23N3O3S. The molecule has 0 spiro atoms. The second-order valence-electron chi connectivity index (χ2n) is 7.08. The van der Waals surface area contributed by atoms with E-state index in [1.54, 1.807) is 11.8 Å². The number of amides is 3. The molecule has 0 bridgehead atoms. The molecule has 29 heavy (non-hydrogen) atoms. The lowest BCUT2D eigenvalue weighted by Crippen LogP contribution is -2.34. The first-order chi connectivity index (χ1) is 14.1. The second-order valence-corrected chi connectivity index (χ2v) is 8.17. The Labute approximate surface area is 174 Å². The second kappa shape index (κ2) is 8.69. The molecule has 1 fully saturated rings. The number of para-hydroxylation sites is 2. The highest BCUT2D eigenvalue weighted by molar-refractivity contribution is 7.99. The number of rotatable bonds is 7. The number of benzene rings is 2. The topological polar surface area (TPSA) is 69.7 Å². The Hall–Kier alpha value is -2.80. The summed E-state index contributed by atoms with van der Waals surface area (Å²) in [6.07, 6.45) is 1.56. The van der Waals surface area contributed by atoms with E-state index in [1.165, 1.54) is 14.7 Å². The number of fused-ring (bicyclic) bond motifs is 2. The summed E-state index contributed by atoms with van der Waals surface area (Å²) < 4.78 is 0. The third kappa shape index (κ3) is 4.29. The van der Waals surface area contributed by atoms with Gasteiger partial charge in [0.25, 0.3) is 0 Å². The number of nitrogens with one attached hydrogen (secondary N) is 1. The fourth-order valence-corrected chi connectivity index (χ4v) is 4.76. The highest BCUT2D eigenvalue weighted by Gasteiger charge is 2.28. The first-order valence-corrected chi connectivity index (χ1v) is 10.7. The highest BCUT2D eigenvalue weighted by Crippen LogP contribution is 2.47. The molecule has 7 heteroatoms. The average molecular weight is 410 g/mol. The fourth-order valence-electron chi connectivity index (χ4n) is 3.66. The molecule has 2 aliphatic rings. The first-order valence-electron chi connectivity index (χ1n) is 9.87. The van der Waals surface area contributed by atoms with E-state index in [-0.39, 0.29) is 17.7 Å². The lowest BCUT2D eigenvalue weighted by Gasteiger charge is -2.32. The summed E-state index contributed by atoms with van der Waals surface area (Å²) in [5.74, 6) is -0.250. The van der Waals surface area contributed by atoms with Crippen molar-refractivity contribution in [2.75, 3.05) is 24.5 Å². The molecular weight excluding hydrogens is 386 g/mol. The molecule has 2 aromatic rings. The number of hydrogen-bond acceptors (Lipinski definition) is 5. The van der Waals surface area contributed by atoms with Crippen molar-refractivity contribution in [3.8, 4) is 0 Å². The molecule has 1 saturated heterocycles. The van der Waals surface area contributed by atoms with Gasteiger partial charge in [0.1, 0.15) is 0 Å². The van der Waals surface area contributed by atoms with E-state index in [0.29, 0.717) is 45.3 Å². The van der Waals surface area contributed by atoms with Crippen LogP contribution in [0.2, 0.25) is 0 Å². The van der Waals surface area contributed by atoms with E-state index in [0.717, 1.165) is 11.4 Å². The van der Waals surface area contributed by atoms with Crippen molar-refractivity contribution in [2.24, 2.45) is 0 Å². The van der Waals surface area contributed by atoms with E-state index in [4.69, 9.17) is 0 Å². The number of carbonyl (C=O) groups is 3. The van der Waals surface area contributed by atoms with Crippen molar-refractivity contribution in [1.82, 2.24) is 10.2 Å². The van der Waals surface area contributed by atoms with Crippen molar-refractivity contribution in [1.29, 1.82) is 0 Å². The van der Waals surface area contributed by atoms with Gasteiger partial charge in [-0.05, 0) is 30.7 Å². The van der Waals surface area contributed by atoms with Gasteiger partial charge in [0, 0.05) is 48.7 Å². The summed E-state index contributed by atoms with van der Waals surface area (Å²) >= 11 is 1.75. The number of anilines is 2. The average Bonchev–Trinajstić information content (AvgIpc) is 3.06. The Morgan fingerprint density at radius 2 is 1.45 bits per heavy atom. The number of likely N-dealkylation sites (tertiary alicyclic amines) is 1. The number of carbonyl (C=O) groups excluding carboxylic acids is 3. The molecule has 150 valence electrons. The van der Waals surface area contributed by atoms with Gasteiger partial charge in [0.05, 0.1) is 11.4 Å². The maximum Gasteiger partial charge on any atom is 0.229 e. The fraction of sp³-hybridized carbons (Fsp3) is 0.318. The number of nitrogens with zero attached hydrogens (tertiary/aromatic N) is 2. The van der Waals surface area contributed by atoms with E-state index in [9.17, 15) is 14.4 Å². The van der Waals surface area contributed by atoms with Gasteiger partial charge in [-0.25, -0.2) is 0 Å². The summed E-state index contributed by atoms with van der Waals surface area (Å²) in [4.78, 5) is 41.4. The van der Waals surface area contributed by atoms with Gasteiger partial charge in [-0.3, -0.25) is 19.3 Å². The lowest BCUT2D eigenvalue weighted by molar-refractivity contribution is -0.138. The summed E-state index contributed by atoms with van der Waals surface area (Å²) in [7, 11) is 0. The molecule has 6 nitrogen and oxygen atoms in total. The molecule has 0 aromatic heterocycles. The molecule has 0 unspecified atom stereocenters. The molecule has 0 atom stereocenters. The molecule has 2 aromatic carbocycles. The molecule has 0 saturated carbocycles. The molecule has 3 amide bonds. The molecule has 0 aliphatic carbocycles. The van der Waals surface area contributed by atoms with Gasteiger partial charge in [-0.1, -0.05) is 36.0 Å². The minimum Gasteiger partial charge on any atom is -0.356 e. The zero-order valence-electron chi connectivity index (χ0n) is 16.1. The Balaban J connectivity index is 1.30. The van der Waals surface area contributed by atoms with Gasteiger partial charge in [0.2, 0.25) is 17.7 Å². The van der Waals surface area contributed by atoms with Crippen molar-refractivity contribution in [3.63, 3.8) is 0 Å².